The highest BCUT2D eigenvalue weighted by molar-refractivity contribution is 6.03. The van der Waals surface area contributed by atoms with Crippen molar-refractivity contribution in [2.75, 3.05) is 23.5 Å². The van der Waals surface area contributed by atoms with Gasteiger partial charge < -0.3 is 21.1 Å². The van der Waals surface area contributed by atoms with Crippen LogP contribution in [0.15, 0.2) is 48.9 Å². The second-order valence-corrected chi connectivity index (χ2v) is 5.82. The number of amides is 1. The molecule has 3 rings (SSSR count). The Kier molecular flexibility index (Phi) is 5.46. The summed E-state index contributed by atoms with van der Waals surface area (Å²) >= 11 is 0. The first-order valence-electron chi connectivity index (χ1n) is 8.28. The largest absolute Gasteiger partial charge is 0.495 e. The molecule has 0 aliphatic rings. The Morgan fingerprint density at radius 2 is 2.04 bits per heavy atom. The number of pyridine rings is 3. The van der Waals surface area contributed by atoms with Crippen LogP contribution in [0.4, 0.5) is 17.2 Å². The first kappa shape index (κ1) is 18.1. The minimum atomic E-state index is -0.295. The monoisotopic (exact) mass is 364 g/mol. The molecule has 138 valence electrons. The summed E-state index contributed by atoms with van der Waals surface area (Å²) in [6.07, 6.45) is 4.78. The van der Waals surface area contributed by atoms with Crippen LogP contribution in [0.2, 0.25) is 0 Å². The van der Waals surface area contributed by atoms with E-state index in [1.165, 1.54) is 6.20 Å². The number of nitrogens with one attached hydrogen (secondary N) is 2. The van der Waals surface area contributed by atoms with Crippen LogP contribution in [0.5, 0.6) is 5.75 Å². The lowest BCUT2D eigenvalue weighted by Gasteiger charge is -2.10. The van der Waals surface area contributed by atoms with Crippen LogP contribution >= 0.6 is 0 Å². The molecule has 3 aromatic heterocycles. The van der Waals surface area contributed by atoms with Gasteiger partial charge in [-0.1, -0.05) is 0 Å². The van der Waals surface area contributed by atoms with Crippen molar-refractivity contribution in [3.63, 3.8) is 0 Å². The van der Waals surface area contributed by atoms with E-state index in [1.807, 2.05) is 13.0 Å². The maximum absolute atomic E-state index is 12.5. The van der Waals surface area contributed by atoms with Gasteiger partial charge in [-0.05, 0) is 42.8 Å². The Morgan fingerprint density at radius 1 is 1.19 bits per heavy atom. The molecule has 0 atom stereocenters. The number of hydrogen-bond acceptors (Lipinski definition) is 7. The number of nitrogens with two attached hydrogens (primary N) is 1. The van der Waals surface area contributed by atoms with Crippen molar-refractivity contribution in [3.8, 4) is 5.75 Å². The molecule has 1 amide bonds. The standard InChI is InChI=1S/C19H20N6O2/c1-12-8-15(27-2)11-24-17(12)19(26)25-13-5-7-21-14(9-13)10-23-16-4-3-6-22-18(16)20/h3-9,11,23H,10H2,1-2H3,(H2,20,22)(H,21,25,26). The van der Waals surface area contributed by atoms with E-state index in [0.717, 1.165) is 16.9 Å². The van der Waals surface area contributed by atoms with E-state index >= 15 is 0 Å². The van der Waals surface area contributed by atoms with E-state index in [0.29, 0.717) is 29.5 Å². The van der Waals surface area contributed by atoms with Crippen molar-refractivity contribution in [1.82, 2.24) is 15.0 Å². The van der Waals surface area contributed by atoms with Crippen molar-refractivity contribution in [2.45, 2.75) is 13.5 Å². The molecule has 8 heteroatoms. The fraction of sp³-hybridized carbons (Fsp3) is 0.158. The number of hydrogen-bond donors (Lipinski definition) is 3. The SMILES string of the molecule is COc1cnc(C(=O)Nc2ccnc(CNc3cccnc3N)c2)c(C)c1. The second-order valence-electron chi connectivity index (χ2n) is 5.82. The molecule has 0 fully saturated rings. The number of nitrogen functional groups attached to an aromatic ring is 1. The minimum Gasteiger partial charge on any atom is -0.495 e. The molecule has 8 nitrogen and oxygen atoms in total. The number of carbonyl (C=O) groups is 1. The van der Waals surface area contributed by atoms with Crippen LogP contribution in [0.1, 0.15) is 21.7 Å². The third-order valence-corrected chi connectivity index (χ3v) is 3.88. The van der Waals surface area contributed by atoms with Gasteiger partial charge in [-0.3, -0.25) is 9.78 Å². The number of methoxy groups -OCH3 is 1. The highest BCUT2D eigenvalue weighted by atomic mass is 16.5. The van der Waals surface area contributed by atoms with E-state index < -0.39 is 0 Å². The predicted molar refractivity (Wildman–Crippen MR) is 104 cm³/mol. The number of carbonyl (C=O) groups excluding carboxylic acids is 1. The molecule has 4 N–H and O–H groups in total. The van der Waals surface area contributed by atoms with Crippen molar-refractivity contribution in [1.29, 1.82) is 0 Å². The topological polar surface area (TPSA) is 115 Å². The summed E-state index contributed by atoms with van der Waals surface area (Å²) in [7, 11) is 1.56. The Labute approximate surface area is 156 Å². The summed E-state index contributed by atoms with van der Waals surface area (Å²) in [5.74, 6) is 0.732. The molecule has 3 aromatic rings. The molecule has 0 aromatic carbocycles. The molecular formula is C19H20N6O2. The van der Waals surface area contributed by atoms with E-state index in [4.69, 9.17) is 10.5 Å². The Hall–Kier alpha value is -3.68. The first-order valence-corrected chi connectivity index (χ1v) is 8.28. The molecule has 0 aliphatic heterocycles. The van der Waals surface area contributed by atoms with Gasteiger partial charge in [0.15, 0.2) is 0 Å². The lowest BCUT2D eigenvalue weighted by molar-refractivity contribution is 0.102. The summed E-state index contributed by atoms with van der Waals surface area (Å²) in [5, 5.41) is 6.01. The number of ether oxygens (including phenoxy) is 1. The van der Waals surface area contributed by atoms with Crippen molar-refractivity contribution in [3.05, 3.63) is 65.9 Å². The zero-order valence-electron chi connectivity index (χ0n) is 15.1. The number of rotatable bonds is 6. The van der Waals surface area contributed by atoms with Crippen molar-refractivity contribution in [2.24, 2.45) is 0 Å². The maximum atomic E-state index is 12.5. The number of aromatic nitrogens is 3. The number of nitrogens with zero attached hydrogens (tertiary/aromatic N) is 3. The van der Waals surface area contributed by atoms with Gasteiger partial charge in [-0.25, -0.2) is 9.97 Å². The molecule has 27 heavy (non-hydrogen) atoms. The molecular weight excluding hydrogens is 344 g/mol. The molecule has 0 saturated carbocycles. The summed E-state index contributed by atoms with van der Waals surface area (Å²) in [5.41, 5.74) is 8.99. The van der Waals surface area contributed by atoms with Gasteiger partial charge in [0.2, 0.25) is 0 Å². The van der Waals surface area contributed by atoms with E-state index in [-0.39, 0.29) is 5.91 Å². The third kappa shape index (κ3) is 4.49. The van der Waals surface area contributed by atoms with Gasteiger partial charge in [0.1, 0.15) is 17.3 Å². The zero-order valence-corrected chi connectivity index (χ0v) is 15.1. The van der Waals surface area contributed by atoms with Crippen molar-refractivity contribution >= 4 is 23.1 Å². The van der Waals surface area contributed by atoms with Gasteiger partial charge >= 0.3 is 0 Å². The van der Waals surface area contributed by atoms with Gasteiger partial charge in [-0.15, -0.1) is 0 Å². The van der Waals surface area contributed by atoms with Crippen LogP contribution in [0, 0.1) is 6.92 Å². The molecule has 0 radical (unpaired) electrons. The average Bonchev–Trinajstić information content (AvgIpc) is 2.67. The smallest absolute Gasteiger partial charge is 0.274 e. The fourth-order valence-corrected chi connectivity index (χ4v) is 2.49. The highest BCUT2D eigenvalue weighted by Crippen LogP contribution is 2.17. The van der Waals surface area contributed by atoms with Crippen molar-refractivity contribution < 1.29 is 9.53 Å². The van der Waals surface area contributed by atoms with Crippen LogP contribution < -0.4 is 21.1 Å². The molecule has 0 unspecified atom stereocenters. The lowest BCUT2D eigenvalue weighted by Crippen LogP contribution is -2.15. The second kappa shape index (κ2) is 8.13. The molecule has 0 aliphatic carbocycles. The quantitative estimate of drug-likeness (QED) is 0.616. The van der Waals surface area contributed by atoms with Gasteiger partial charge in [0.05, 0.1) is 31.2 Å². The van der Waals surface area contributed by atoms with Crippen LogP contribution in [-0.2, 0) is 6.54 Å². The summed E-state index contributed by atoms with van der Waals surface area (Å²) < 4.78 is 5.11. The molecule has 0 spiro atoms. The van der Waals surface area contributed by atoms with Crippen LogP contribution in [0.25, 0.3) is 0 Å². The van der Waals surface area contributed by atoms with E-state index in [1.54, 1.807) is 43.8 Å². The fourth-order valence-electron chi connectivity index (χ4n) is 2.49. The summed E-state index contributed by atoms with van der Waals surface area (Å²) in [4.78, 5) is 25.0. The van der Waals surface area contributed by atoms with Gasteiger partial charge in [0.25, 0.3) is 5.91 Å². The average molecular weight is 364 g/mol. The lowest BCUT2D eigenvalue weighted by atomic mass is 10.2. The minimum absolute atomic E-state index is 0.295. The summed E-state index contributed by atoms with van der Waals surface area (Å²) in [6, 6.07) is 8.91. The van der Waals surface area contributed by atoms with Crippen LogP contribution in [-0.4, -0.2) is 28.0 Å². The Balaban J connectivity index is 1.68. The zero-order chi connectivity index (χ0) is 19.2. The molecule has 0 saturated heterocycles. The van der Waals surface area contributed by atoms with Gasteiger partial charge in [-0.2, -0.15) is 0 Å². The molecule has 0 bridgehead atoms. The number of anilines is 3. The Bertz CT molecular complexity index is 960. The first-order chi connectivity index (χ1) is 13.1. The summed E-state index contributed by atoms with van der Waals surface area (Å²) in [6.45, 7) is 2.25. The third-order valence-electron chi connectivity index (χ3n) is 3.88. The van der Waals surface area contributed by atoms with E-state index in [9.17, 15) is 4.79 Å². The maximum Gasteiger partial charge on any atom is 0.274 e. The molecule has 3 heterocycles. The normalized spacial score (nSPS) is 10.3. The Morgan fingerprint density at radius 3 is 2.78 bits per heavy atom. The number of aryl methyl sites for hydroxylation is 1. The van der Waals surface area contributed by atoms with E-state index in [2.05, 4.69) is 25.6 Å². The van der Waals surface area contributed by atoms with Crippen LogP contribution in [0.3, 0.4) is 0 Å². The highest BCUT2D eigenvalue weighted by Gasteiger charge is 2.12. The van der Waals surface area contributed by atoms with Gasteiger partial charge in [0, 0.05) is 18.1 Å². The predicted octanol–water partition coefficient (Wildman–Crippen LogP) is 2.64.